The zero-order valence-electron chi connectivity index (χ0n) is 15.3. The highest BCUT2D eigenvalue weighted by Crippen LogP contribution is 2.35. The summed E-state index contributed by atoms with van der Waals surface area (Å²) in [6.45, 7) is 6.80. The summed E-state index contributed by atoms with van der Waals surface area (Å²) in [7, 11) is 0. The molecule has 0 saturated heterocycles. The molecule has 1 atom stereocenters. The van der Waals surface area contributed by atoms with Gasteiger partial charge in [-0.2, -0.15) is 0 Å². The van der Waals surface area contributed by atoms with Gasteiger partial charge in [-0.1, -0.05) is 38.4 Å². The van der Waals surface area contributed by atoms with Crippen LogP contribution < -0.4 is 10.6 Å². The van der Waals surface area contributed by atoms with Crippen LogP contribution in [0.1, 0.15) is 54.9 Å². The Labute approximate surface area is 164 Å². The Morgan fingerprint density at radius 1 is 1.15 bits per heavy atom. The Bertz CT molecular complexity index is 721. The number of halogens is 1. The van der Waals surface area contributed by atoms with Crippen molar-refractivity contribution in [2.45, 2.75) is 39.7 Å². The molecule has 0 saturated carbocycles. The van der Waals surface area contributed by atoms with Crippen molar-refractivity contribution in [3.05, 3.63) is 57.2 Å². The zero-order chi connectivity index (χ0) is 19.2. The Kier molecular flexibility index (Phi) is 7.23. The van der Waals surface area contributed by atoms with Crippen molar-refractivity contribution in [1.29, 1.82) is 0 Å². The molecule has 0 radical (unpaired) electrons. The molecule has 1 aromatic heterocycles. The topological polar surface area (TPSA) is 58.2 Å². The van der Waals surface area contributed by atoms with Crippen LogP contribution in [-0.4, -0.2) is 18.4 Å². The summed E-state index contributed by atoms with van der Waals surface area (Å²) in [5, 5.41) is 8.57. The number of carbonyl (C=O) groups excluding carboxylic acids is 2. The summed E-state index contributed by atoms with van der Waals surface area (Å²) >= 11 is 7.46. The maximum absolute atomic E-state index is 12.3. The molecule has 0 fully saturated rings. The van der Waals surface area contributed by atoms with Gasteiger partial charge in [0.25, 0.3) is 5.91 Å². The highest BCUT2D eigenvalue weighted by Gasteiger charge is 2.28. The van der Waals surface area contributed by atoms with E-state index in [2.05, 4.69) is 31.4 Å². The first-order valence-corrected chi connectivity index (χ1v) is 9.89. The largest absolute Gasteiger partial charge is 0.352 e. The van der Waals surface area contributed by atoms with Crippen LogP contribution in [0.3, 0.4) is 0 Å². The second-order valence-corrected chi connectivity index (χ2v) is 8.66. The molecule has 0 aliphatic rings. The van der Waals surface area contributed by atoms with Crippen LogP contribution >= 0.6 is 22.9 Å². The molecule has 26 heavy (non-hydrogen) atoms. The highest BCUT2D eigenvalue weighted by molar-refractivity contribution is 7.10. The number of benzene rings is 1. The van der Waals surface area contributed by atoms with Crippen LogP contribution in [0.25, 0.3) is 0 Å². The quantitative estimate of drug-likeness (QED) is 0.664. The van der Waals surface area contributed by atoms with Crippen LogP contribution in [-0.2, 0) is 4.79 Å². The molecule has 0 spiro atoms. The van der Waals surface area contributed by atoms with Crippen molar-refractivity contribution in [3.8, 4) is 0 Å². The zero-order valence-corrected chi connectivity index (χ0v) is 16.9. The second kappa shape index (κ2) is 9.19. The molecule has 6 heteroatoms. The minimum absolute atomic E-state index is 0.000864. The molecule has 0 aliphatic carbocycles. The maximum atomic E-state index is 12.3. The highest BCUT2D eigenvalue weighted by atomic mass is 35.5. The fourth-order valence-corrected chi connectivity index (χ4v) is 3.70. The normalized spacial score (nSPS) is 12.5. The fraction of sp³-hybridized carbons (Fsp3) is 0.400. The maximum Gasteiger partial charge on any atom is 0.251 e. The lowest BCUT2D eigenvalue weighted by Gasteiger charge is -2.30. The van der Waals surface area contributed by atoms with E-state index in [-0.39, 0.29) is 23.3 Å². The molecule has 2 rings (SSSR count). The SMILES string of the molecule is CC(C)(C)C(NC(=O)CCCNC(=O)c1ccc(Cl)cc1)c1cccs1. The molecule has 2 aromatic rings. The molecular weight excluding hydrogens is 368 g/mol. The predicted molar refractivity (Wildman–Crippen MR) is 108 cm³/mol. The number of carbonyl (C=O) groups is 2. The molecule has 2 N–H and O–H groups in total. The van der Waals surface area contributed by atoms with Gasteiger partial charge in [-0.05, 0) is 47.5 Å². The fourth-order valence-electron chi connectivity index (χ4n) is 2.56. The molecule has 4 nitrogen and oxygen atoms in total. The molecular formula is C20H25ClN2O2S. The summed E-state index contributed by atoms with van der Waals surface area (Å²) in [4.78, 5) is 25.5. The Morgan fingerprint density at radius 2 is 1.85 bits per heavy atom. The lowest BCUT2D eigenvalue weighted by Crippen LogP contribution is -2.36. The van der Waals surface area contributed by atoms with Gasteiger partial charge in [-0.25, -0.2) is 0 Å². The van der Waals surface area contributed by atoms with Crippen molar-refractivity contribution in [2.24, 2.45) is 5.41 Å². The van der Waals surface area contributed by atoms with E-state index in [9.17, 15) is 9.59 Å². The lowest BCUT2D eigenvalue weighted by molar-refractivity contribution is -0.122. The van der Waals surface area contributed by atoms with Crippen molar-refractivity contribution >= 4 is 34.8 Å². The van der Waals surface area contributed by atoms with E-state index >= 15 is 0 Å². The van der Waals surface area contributed by atoms with Gasteiger partial charge < -0.3 is 10.6 Å². The third kappa shape index (κ3) is 6.15. The molecule has 0 aliphatic heterocycles. The van der Waals surface area contributed by atoms with E-state index in [4.69, 9.17) is 11.6 Å². The van der Waals surface area contributed by atoms with Crippen LogP contribution in [0, 0.1) is 5.41 Å². The monoisotopic (exact) mass is 392 g/mol. The smallest absolute Gasteiger partial charge is 0.251 e. The van der Waals surface area contributed by atoms with E-state index < -0.39 is 0 Å². The second-order valence-electron chi connectivity index (χ2n) is 7.25. The Morgan fingerprint density at radius 3 is 2.42 bits per heavy atom. The van der Waals surface area contributed by atoms with E-state index in [1.807, 2.05) is 17.5 Å². The summed E-state index contributed by atoms with van der Waals surface area (Å²) in [6.07, 6.45) is 0.964. The van der Waals surface area contributed by atoms with Crippen molar-refractivity contribution < 1.29 is 9.59 Å². The molecule has 1 aromatic carbocycles. The predicted octanol–water partition coefficient (Wildman–Crippen LogP) is 4.82. The Balaban J connectivity index is 1.77. The molecule has 1 unspecified atom stereocenters. The number of rotatable bonds is 7. The average Bonchev–Trinajstić information content (AvgIpc) is 3.10. The van der Waals surface area contributed by atoms with E-state index in [0.29, 0.717) is 30.0 Å². The summed E-state index contributed by atoms with van der Waals surface area (Å²) in [5.74, 6) is -0.160. The van der Waals surface area contributed by atoms with Crippen molar-refractivity contribution in [3.63, 3.8) is 0 Å². The minimum atomic E-state index is -0.159. The van der Waals surface area contributed by atoms with E-state index in [1.54, 1.807) is 35.6 Å². The first kappa shape index (κ1) is 20.5. The van der Waals surface area contributed by atoms with Crippen molar-refractivity contribution in [2.75, 3.05) is 6.54 Å². The van der Waals surface area contributed by atoms with Gasteiger partial charge in [0.15, 0.2) is 0 Å². The number of hydrogen-bond acceptors (Lipinski definition) is 3. The first-order valence-electron chi connectivity index (χ1n) is 8.64. The average molecular weight is 393 g/mol. The van der Waals surface area contributed by atoms with Crippen LogP contribution in [0.4, 0.5) is 0 Å². The summed E-state index contributed by atoms with van der Waals surface area (Å²) < 4.78 is 0. The van der Waals surface area contributed by atoms with Gasteiger partial charge in [0, 0.05) is 28.4 Å². The van der Waals surface area contributed by atoms with E-state index in [1.165, 1.54) is 0 Å². The third-order valence-corrected chi connectivity index (χ3v) is 5.16. The molecule has 0 bridgehead atoms. The van der Waals surface area contributed by atoms with Gasteiger partial charge in [-0.15, -0.1) is 11.3 Å². The molecule has 140 valence electrons. The summed E-state index contributed by atoms with van der Waals surface area (Å²) in [5.41, 5.74) is 0.493. The van der Waals surface area contributed by atoms with Crippen molar-refractivity contribution in [1.82, 2.24) is 10.6 Å². The van der Waals surface area contributed by atoms with Crippen LogP contribution in [0.2, 0.25) is 5.02 Å². The first-order chi connectivity index (χ1) is 12.3. The Hall–Kier alpha value is -1.85. The minimum Gasteiger partial charge on any atom is -0.352 e. The standard InChI is InChI=1S/C20H25ClN2O2S/c1-20(2,3)18(16-6-5-13-26-16)23-17(24)7-4-12-22-19(25)14-8-10-15(21)11-9-14/h5-6,8-11,13,18H,4,7,12H2,1-3H3,(H,22,25)(H,23,24). The van der Waals surface area contributed by atoms with E-state index in [0.717, 1.165) is 4.88 Å². The van der Waals surface area contributed by atoms with Gasteiger partial charge in [0.05, 0.1) is 6.04 Å². The third-order valence-electron chi connectivity index (χ3n) is 3.97. The number of nitrogens with one attached hydrogen (secondary N) is 2. The van der Waals surface area contributed by atoms with Gasteiger partial charge >= 0.3 is 0 Å². The molecule has 2 amide bonds. The lowest BCUT2D eigenvalue weighted by atomic mass is 9.85. The summed E-state index contributed by atoms with van der Waals surface area (Å²) in [6, 6.07) is 10.8. The van der Waals surface area contributed by atoms with Crippen LogP contribution in [0.15, 0.2) is 41.8 Å². The molecule has 1 heterocycles. The number of thiophene rings is 1. The van der Waals surface area contributed by atoms with Gasteiger partial charge in [0.1, 0.15) is 0 Å². The van der Waals surface area contributed by atoms with Gasteiger partial charge in [-0.3, -0.25) is 9.59 Å². The number of hydrogen-bond donors (Lipinski definition) is 2. The van der Waals surface area contributed by atoms with Gasteiger partial charge in [0.2, 0.25) is 5.91 Å². The van der Waals surface area contributed by atoms with Crippen LogP contribution in [0.5, 0.6) is 0 Å². The number of amides is 2.